The van der Waals surface area contributed by atoms with E-state index in [2.05, 4.69) is 15.7 Å². The van der Waals surface area contributed by atoms with Crippen molar-refractivity contribution < 1.29 is 9.59 Å². The first-order chi connectivity index (χ1) is 11.0. The number of aryl methyl sites for hydroxylation is 2. The molecule has 0 aliphatic heterocycles. The van der Waals surface area contributed by atoms with E-state index in [9.17, 15) is 9.59 Å². The summed E-state index contributed by atoms with van der Waals surface area (Å²) in [5, 5.41) is 9.53. The first kappa shape index (κ1) is 16.5. The number of carbonyl (C=O) groups excluding carboxylic acids is 2. The van der Waals surface area contributed by atoms with Gasteiger partial charge in [-0.25, -0.2) is 0 Å². The fourth-order valence-corrected chi connectivity index (χ4v) is 2.08. The minimum Gasteiger partial charge on any atom is -0.343 e. The number of aromatic nitrogens is 2. The number of nitrogens with one attached hydrogen (secondary N) is 2. The Hall–Kier alpha value is -2.89. The Labute approximate surface area is 135 Å². The Morgan fingerprint density at radius 1 is 1.22 bits per heavy atom. The zero-order chi connectivity index (χ0) is 16.8. The summed E-state index contributed by atoms with van der Waals surface area (Å²) in [6.07, 6.45) is 3.10. The molecule has 1 aromatic carbocycles. The Bertz CT molecular complexity index is 733. The molecule has 6 nitrogen and oxygen atoms in total. The standard InChI is InChI=1S/C17H20N4O2/c1-12-13(2)20-21(3)17(12)19-16(23)11-18-15(22)10-9-14-7-5-4-6-8-14/h4-10H,11H2,1-3H3,(H,18,22)(H,19,23). The third-order valence-electron chi connectivity index (χ3n) is 3.43. The molecule has 120 valence electrons. The maximum Gasteiger partial charge on any atom is 0.244 e. The minimum absolute atomic E-state index is 0.0956. The van der Waals surface area contributed by atoms with Gasteiger partial charge < -0.3 is 10.6 Å². The molecule has 1 aromatic heterocycles. The van der Waals surface area contributed by atoms with Crippen molar-refractivity contribution in [3.05, 3.63) is 53.2 Å². The van der Waals surface area contributed by atoms with Gasteiger partial charge >= 0.3 is 0 Å². The molecule has 0 radical (unpaired) electrons. The molecule has 2 aromatic rings. The molecule has 6 heteroatoms. The van der Waals surface area contributed by atoms with Crippen molar-refractivity contribution in [2.24, 2.45) is 7.05 Å². The number of nitrogens with zero attached hydrogens (tertiary/aromatic N) is 2. The van der Waals surface area contributed by atoms with Crippen LogP contribution in [0.5, 0.6) is 0 Å². The Morgan fingerprint density at radius 2 is 1.91 bits per heavy atom. The van der Waals surface area contributed by atoms with Gasteiger partial charge in [-0.1, -0.05) is 30.3 Å². The van der Waals surface area contributed by atoms with Crippen molar-refractivity contribution in [1.29, 1.82) is 0 Å². The monoisotopic (exact) mass is 312 g/mol. The molecule has 0 fully saturated rings. The van der Waals surface area contributed by atoms with Gasteiger partial charge in [0.25, 0.3) is 0 Å². The molecular weight excluding hydrogens is 292 g/mol. The van der Waals surface area contributed by atoms with Gasteiger partial charge in [0.2, 0.25) is 11.8 Å². The highest BCUT2D eigenvalue weighted by atomic mass is 16.2. The summed E-state index contributed by atoms with van der Waals surface area (Å²) in [5.41, 5.74) is 2.70. The molecule has 2 rings (SSSR count). The van der Waals surface area contributed by atoms with E-state index in [4.69, 9.17) is 0 Å². The maximum atomic E-state index is 11.9. The normalized spacial score (nSPS) is 10.7. The number of anilines is 1. The first-order valence-corrected chi connectivity index (χ1v) is 7.28. The fourth-order valence-electron chi connectivity index (χ4n) is 2.08. The summed E-state index contributed by atoms with van der Waals surface area (Å²) in [7, 11) is 1.76. The van der Waals surface area contributed by atoms with Crippen molar-refractivity contribution in [2.75, 3.05) is 11.9 Å². The zero-order valence-corrected chi connectivity index (χ0v) is 13.5. The van der Waals surface area contributed by atoms with Gasteiger partial charge in [-0.15, -0.1) is 0 Å². The van der Waals surface area contributed by atoms with Gasteiger partial charge in [0.1, 0.15) is 5.82 Å². The van der Waals surface area contributed by atoms with Crippen molar-refractivity contribution in [3.63, 3.8) is 0 Å². The van der Waals surface area contributed by atoms with Crippen molar-refractivity contribution >= 4 is 23.7 Å². The third-order valence-corrected chi connectivity index (χ3v) is 3.43. The average Bonchev–Trinajstić information content (AvgIpc) is 2.78. The van der Waals surface area contributed by atoms with E-state index in [1.54, 1.807) is 17.8 Å². The van der Waals surface area contributed by atoms with E-state index in [0.717, 1.165) is 16.8 Å². The van der Waals surface area contributed by atoms with Crippen LogP contribution in [0.1, 0.15) is 16.8 Å². The maximum absolute atomic E-state index is 11.9. The SMILES string of the molecule is Cc1nn(C)c(NC(=O)CNC(=O)C=Cc2ccccc2)c1C. The lowest BCUT2D eigenvalue weighted by Gasteiger charge is -2.07. The van der Waals surface area contributed by atoms with Gasteiger partial charge in [-0.05, 0) is 25.5 Å². The summed E-state index contributed by atoms with van der Waals surface area (Å²) in [5.74, 6) is 0.0287. The summed E-state index contributed by atoms with van der Waals surface area (Å²) < 4.78 is 1.61. The topological polar surface area (TPSA) is 76.0 Å². The lowest BCUT2D eigenvalue weighted by atomic mass is 10.2. The molecule has 0 saturated heterocycles. The number of benzene rings is 1. The highest BCUT2D eigenvalue weighted by molar-refractivity contribution is 5.97. The Morgan fingerprint density at radius 3 is 2.52 bits per heavy atom. The van der Waals surface area contributed by atoms with Crippen LogP contribution in [0, 0.1) is 13.8 Å². The van der Waals surface area contributed by atoms with Gasteiger partial charge in [0.05, 0.1) is 12.2 Å². The molecule has 0 atom stereocenters. The van der Waals surface area contributed by atoms with Gasteiger partial charge in [-0.2, -0.15) is 5.10 Å². The second-order valence-electron chi connectivity index (χ2n) is 5.19. The van der Waals surface area contributed by atoms with Crippen LogP contribution in [0.2, 0.25) is 0 Å². The first-order valence-electron chi connectivity index (χ1n) is 7.28. The molecule has 0 bridgehead atoms. The van der Waals surface area contributed by atoms with E-state index < -0.39 is 0 Å². The van der Waals surface area contributed by atoms with Crippen molar-refractivity contribution in [3.8, 4) is 0 Å². The minimum atomic E-state index is -0.318. The molecule has 2 amide bonds. The van der Waals surface area contributed by atoms with Crippen LogP contribution in [0.3, 0.4) is 0 Å². The van der Waals surface area contributed by atoms with Crippen LogP contribution in [0.4, 0.5) is 5.82 Å². The number of hydrogen-bond acceptors (Lipinski definition) is 3. The summed E-state index contributed by atoms with van der Waals surface area (Å²) >= 11 is 0. The number of hydrogen-bond donors (Lipinski definition) is 2. The molecule has 0 spiro atoms. The van der Waals surface area contributed by atoms with E-state index in [-0.39, 0.29) is 18.4 Å². The van der Waals surface area contributed by atoms with Crippen LogP contribution < -0.4 is 10.6 Å². The second kappa shape index (κ2) is 7.40. The zero-order valence-electron chi connectivity index (χ0n) is 13.5. The van der Waals surface area contributed by atoms with Gasteiger partial charge in [-0.3, -0.25) is 14.3 Å². The molecule has 0 aliphatic carbocycles. The van der Waals surface area contributed by atoms with Crippen molar-refractivity contribution in [2.45, 2.75) is 13.8 Å². The molecular formula is C17H20N4O2. The van der Waals surface area contributed by atoms with Gasteiger partial charge in [0.15, 0.2) is 0 Å². The summed E-state index contributed by atoms with van der Waals surface area (Å²) in [6.45, 7) is 3.67. The van der Waals surface area contributed by atoms with Crippen LogP contribution in [0.25, 0.3) is 6.08 Å². The van der Waals surface area contributed by atoms with Crippen LogP contribution in [0.15, 0.2) is 36.4 Å². The Kier molecular flexibility index (Phi) is 5.30. The molecule has 0 unspecified atom stereocenters. The van der Waals surface area contributed by atoms with Crippen LogP contribution >= 0.6 is 0 Å². The highest BCUT2D eigenvalue weighted by Crippen LogP contribution is 2.16. The number of carbonyl (C=O) groups is 2. The van der Waals surface area contributed by atoms with E-state index in [1.807, 2.05) is 44.2 Å². The van der Waals surface area contributed by atoms with E-state index in [0.29, 0.717) is 5.82 Å². The predicted octanol–water partition coefficient (Wildman–Crippen LogP) is 1.81. The van der Waals surface area contributed by atoms with Crippen LogP contribution in [-0.2, 0) is 16.6 Å². The largest absolute Gasteiger partial charge is 0.343 e. The molecule has 0 aliphatic rings. The van der Waals surface area contributed by atoms with E-state index in [1.165, 1.54) is 6.08 Å². The third kappa shape index (κ3) is 4.54. The lowest BCUT2D eigenvalue weighted by molar-refractivity contribution is -0.121. The molecule has 0 saturated carbocycles. The molecule has 23 heavy (non-hydrogen) atoms. The number of rotatable bonds is 5. The Balaban J connectivity index is 1.84. The lowest BCUT2D eigenvalue weighted by Crippen LogP contribution is -2.32. The van der Waals surface area contributed by atoms with E-state index >= 15 is 0 Å². The smallest absolute Gasteiger partial charge is 0.244 e. The van der Waals surface area contributed by atoms with Crippen LogP contribution in [-0.4, -0.2) is 28.1 Å². The highest BCUT2D eigenvalue weighted by Gasteiger charge is 2.12. The van der Waals surface area contributed by atoms with Gasteiger partial charge in [0, 0.05) is 18.7 Å². The number of amides is 2. The predicted molar refractivity (Wildman–Crippen MR) is 89.8 cm³/mol. The second-order valence-corrected chi connectivity index (χ2v) is 5.19. The van der Waals surface area contributed by atoms with Crippen molar-refractivity contribution in [1.82, 2.24) is 15.1 Å². The average molecular weight is 312 g/mol. The summed E-state index contributed by atoms with van der Waals surface area (Å²) in [6, 6.07) is 9.48. The molecule has 1 heterocycles. The summed E-state index contributed by atoms with van der Waals surface area (Å²) in [4.78, 5) is 23.6. The fraction of sp³-hybridized carbons (Fsp3) is 0.235. The quantitative estimate of drug-likeness (QED) is 0.827. The molecule has 2 N–H and O–H groups in total.